The Morgan fingerprint density at radius 1 is 0.453 bits per heavy atom. The van der Waals surface area contributed by atoms with Crippen LogP contribution in [0.25, 0.3) is 0 Å². The number of carbonyl (C=O) groups excluding carboxylic acids is 4. The Balaban J connectivity index is 4.85. The van der Waals surface area contributed by atoms with Crippen LogP contribution in [-0.2, 0) is 65.4 Å². The van der Waals surface area contributed by atoms with Crippen molar-refractivity contribution < 1.29 is 80.2 Å². The molecule has 0 aromatic carbocycles. The Morgan fingerprint density at radius 3 is 1.25 bits per heavy atom. The molecule has 312 valence electrons. The Kier molecular flexibility index (Phi) is 30.1. The zero-order chi connectivity index (χ0) is 40.0. The first-order valence-corrected chi connectivity index (χ1v) is 21.8. The smallest absolute Gasteiger partial charge is 0.462 e. The quantitative estimate of drug-likeness (QED) is 0.0278. The van der Waals surface area contributed by atoms with Gasteiger partial charge in [-0.2, -0.15) is 0 Å². The Hall–Kier alpha value is -1.94. The maximum atomic E-state index is 12.5. The van der Waals surface area contributed by atoms with Gasteiger partial charge in [-0.1, -0.05) is 85.5 Å². The van der Waals surface area contributed by atoms with E-state index in [4.69, 9.17) is 37.0 Å². The van der Waals surface area contributed by atoms with Crippen LogP contribution in [0, 0.1) is 0 Å². The fourth-order valence-corrected chi connectivity index (χ4v) is 5.90. The molecule has 0 aromatic heterocycles. The van der Waals surface area contributed by atoms with Crippen molar-refractivity contribution in [2.45, 2.75) is 155 Å². The molecule has 17 nitrogen and oxygen atoms in total. The molecule has 0 spiro atoms. The molecule has 0 saturated heterocycles. The van der Waals surface area contributed by atoms with E-state index in [0.717, 1.165) is 38.5 Å². The SMILES string of the molecule is CCCCCCCCCCC(=O)OC[C@@H](COP(=O)(O)OC[C@H](O)COP(=O)(O)OC[C@@H](COC(=O)CCCC)OC(=O)CCCC)OC(=O)CCC. The van der Waals surface area contributed by atoms with Gasteiger partial charge < -0.3 is 33.8 Å². The Bertz CT molecular complexity index is 1110. The van der Waals surface area contributed by atoms with Crippen molar-refractivity contribution >= 4 is 39.5 Å². The first-order valence-electron chi connectivity index (χ1n) is 18.8. The molecular formula is C34H64O17P2. The number of esters is 4. The lowest BCUT2D eigenvalue weighted by atomic mass is 10.1. The van der Waals surface area contributed by atoms with E-state index < -0.39 is 97.5 Å². The number of phosphoric ester groups is 2. The lowest BCUT2D eigenvalue weighted by Crippen LogP contribution is -2.30. The summed E-state index contributed by atoms with van der Waals surface area (Å²) in [5.74, 6) is -2.31. The summed E-state index contributed by atoms with van der Waals surface area (Å²) in [6.45, 7) is 3.66. The van der Waals surface area contributed by atoms with Crippen LogP contribution in [0.3, 0.4) is 0 Å². The summed E-state index contributed by atoms with van der Waals surface area (Å²) in [5, 5.41) is 10.1. The van der Waals surface area contributed by atoms with Gasteiger partial charge in [0.25, 0.3) is 0 Å². The molecule has 0 aliphatic heterocycles. The van der Waals surface area contributed by atoms with Crippen molar-refractivity contribution in [1.82, 2.24) is 0 Å². The first kappa shape index (κ1) is 51.1. The molecule has 0 aliphatic rings. The molecule has 5 atom stereocenters. The molecule has 0 saturated carbocycles. The third-order valence-corrected chi connectivity index (χ3v) is 9.22. The van der Waals surface area contributed by atoms with Crippen LogP contribution < -0.4 is 0 Å². The van der Waals surface area contributed by atoms with E-state index in [-0.39, 0.29) is 25.7 Å². The third-order valence-electron chi connectivity index (χ3n) is 7.32. The van der Waals surface area contributed by atoms with Crippen molar-refractivity contribution in [3.63, 3.8) is 0 Å². The van der Waals surface area contributed by atoms with E-state index in [1.165, 1.54) is 19.3 Å². The maximum absolute atomic E-state index is 12.5. The van der Waals surface area contributed by atoms with Gasteiger partial charge in [0.05, 0.1) is 26.4 Å². The molecule has 3 N–H and O–H groups in total. The highest BCUT2D eigenvalue weighted by molar-refractivity contribution is 7.47. The molecule has 0 radical (unpaired) electrons. The molecule has 0 aliphatic carbocycles. The van der Waals surface area contributed by atoms with Gasteiger partial charge in [-0.15, -0.1) is 0 Å². The highest BCUT2D eigenvalue weighted by Gasteiger charge is 2.30. The van der Waals surface area contributed by atoms with Crippen molar-refractivity contribution in [3.8, 4) is 0 Å². The molecule has 0 rings (SSSR count). The number of rotatable bonds is 35. The second kappa shape index (κ2) is 31.3. The number of carbonyl (C=O) groups is 4. The van der Waals surface area contributed by atoms with Gasteiger partial charge in [-0.05, 0) is 25.7 Å². The maximum Gasteiger partial charge on any atom is 0.472 e. The minimum absolute atomic E-state index is 0.0534. The number of hydrogen-bond acceptors (Lipinski definition) is 15. The fourth-order valence-electron chi connectivity index (χ4n) is 4.33. The average molecular weight is 807 g/mol. The zero-order valence-corrected chi connectivity index (χ0v) is 33.7. The molecule has 0 heterocycles. The van der Waals surface area contributed by atoms with E-state index in [9.17, 15) is 43.2 Å². The topological polar surface area (TPSA) is 237 Å². The van der Waals surface area contributed by atoms with Gasteiger partial charge in [0, 0.05) is 25.7 Å². The van der Waals surface area contributed by atoms with Crippen LogP contribution in [0.15, 0.2) is 0 Å². The molecule has 19 heteroatoms. The number of aliphatic hydroxyl groups excluding tert-OH is 1. The summed E-state index contributed by atoms with van der Waals surface area (Å²) < 4.78 is 64.9. The second-order valence-electron chi connectivity index (χ2n) is 12.5. The molecule has 0 fully saturated rings. The molecular weight excluding hydrogens is 742 g/mol. The summed E-state index contributed by atoms with van der Waals surface area (Å²) in [6, 6.07) is 0. The number of phosphoric acid groups is 2. The predicted octanol–water partition coefficient (Wildman–Crippen LogP) is 6.24. The van der Waals surface area contributed by atoms with Crippen LogP contribution >= 0.6 is 15.6 Å². The lowest BCUT2D eigenvalue weighted by Gasteiger charge is -2.21. The van der Waals surface area contributed by atoms with E-state index in [0.29, 0.717) is 25.7 Å². The number of hydrogen-bond donors (Lipinski definition) is 3. The minimum Gasteiger partial charge on any atom is -0.462 e. The van der Waals surface area contributed by atoms with Gasteiger partial charge in [0.2, 0.25) is 0 Å². The highest BCUT2D eigenvalue weighted by atomic mass is 31.2. The zero-order valence-electron chi connectivity index (χ0n) is 31.9. The summed E-state index contributed by atoms with van der Waals surface area (Å²) in [7, 11) is -9.75. The molecule has 2 unspecified atom stereocenters. The highest BCUT2D eigenvalue weighted by Crippen LogP contribution is 2.45. The van der Waals surface area contributed by atoms with E-state index >= 15 is 0 Å². The van der Waals surface area contributed by atoms with Crippen molar-refractivity contribution in [2.24, 2.45) is 0 Å². The molecule has 0 amide bonds. The Morgan fingerprint density at radius 2 is 0.811 bits per heavy atom. The first-order chi connectivity index (χ1) is 25.2. The largest absolute Gasteiger partial charge is 0.472 e. The van der Waals surface area contributed by atoms with Gasteiger partial charge in [-0.25, -0.2) is 9.13 Å². The van der Waals surface area contributed by atoms with Crippen molar-refractivity contribution in [3.05, 3.63) is 0 Å². The van der Waals surface area contributed by atoms with Crippen LogP contribution in [-0.4, -0.2) is 96.7 Å². The number of unbranched alkanes of at least 4 members (excludes halogenated alkanes) is 9. The van der Waals surface area contributed by atoms with Gasteiger partial charge >= 0.3 is 39.5 Å². The lowest BCUT2D eigenvalue weighted by molar-refractivity contribution is -0.161. The molecule has 0 bridgehead atoms. The normalized spacial score (nSPS) is 15.4. The third kappa shape index (κ3) is 31.0. The predicted molar refractivity (Wildman–Crippen MR) is 192 cm³/mol. The van der Waals surface area contributed by atoms with Crippen LogP contribution in [0.1, 0.15) is 137 Å². The summed E-state index contributed by atoms with van der Waals surface area (Å²) in [4.78, 5) is 68.4. The fraction of sp³-hybridized carbons (Fsp3) is 0.882. The number of aliphatic hydroxyl groups is 1. The molecule has 53 heavy (non-hydrogen) atoms. The van der Waals surface area contributed by atoms with Gasteiger partial charge in [0.15, 0.2) is 12.2 Å². The van der Waals surface area contributed by atoms with E-state index in [1.54, 1.807) is 6.92 Å². The van der Waals surface area contributed by atoms with E-state index in [1.807, 2.05) is 13.8 Å². The van der Waals surface area contributed by atoms with Gasteiger partial charge in [-0.3, -0.25) is 37.3 Å². The second-order valence-corrected chi connectivity index (χ2v) is 15.5. The monoisotopic (exact) mass is 806 g/mol. The van der Waals surface area contributed by atoms with Crippen LogP contribution in [0.5, 0.6) is 0 Å². The van der Waals surface area contributed by atoms with E-state index in [2.05, 4.69) is 6.92 Å². The average Bonchev–Trinajstić information content (AvgIpc) is 3.11. The van der Waals surface area contributed by atoms with Gasteiger partial charge in [0.1, 0.15) is 19.3 Å². The standard InChI is InChI=1S/C34H64O17P2/c1-5-9-12-13-14-15-16-17-21-32(37)45-24-29(50-33(38)18-8-4)26-48-52(40,41)46-22-28(35)23-47-53(42,43)49-27-30(51-34(39)20-11-7-3)25-44-31(36)19-10-6-2/h28-30,35H,5-27H2,1-4H3,(H,40,41)(H,42,43)/t28-,29-,30+/m0/s1. The summed E-state index contributed by atoms with van der Waals surface area (Å²) in [6.07, 6.45) is 7.73. The number of ether oxygens (including phenoxy) is 4. The van der Waals surface area contributed by atoms with Crippen molar-refractivity contribution in [2.75, 3.05) is 39.6 Å². The summed E-state index contributed by atoms with van der Waals surface area (Å²) >= 11 is 0. The summed E-state index contributed by atoms with van der Waals surface area (Å²) in [5.41, 5.74) is 0. The minimum atomic E-state index is -4.88. The molecule has 0 aromatic rings. The van der Waals surface area contributed by atoms with Crippen molar-refractivity contribution in [1.29, 1.82) is 0 Å². The Labute approximate surface area is 314 Å². The van der Waals surface area contributed by atoms with Crippen LogP contribution in [0.4, 0.5) is 0 Å². The van der Waals surface area contributed by atoms with Crippen LogP contribution in [0.2, 0.25) is 0 Å².